The van der Waals surface area contributed by atoms with Gasteiger partial charge in [-0.3, -0.25) is 4.79 Å². The van der Waals surface area contributed by atoms with Gasteiger partial charge in [0.15, 0.2) is 0 Å². The fourth-order valence-corrected chi connectivity index (χ4v) is 2.14. The van der Waals surface area contributed by atoms with Crippen LogP contribution in [0.2, 0.25) is 5.02 Å². The van der Waals surface area contributed by atoms with Crippen LogP contribution in [0.1, 0.15) is 22.8 Å². The Labute approximate surface area is 136 Å². The predicted octanol–water partition coefficient (Wildman–Crippen LogP) is 5.01. The van der Waals surface area contributed by atoms with Crippen LogP contribution in [0.25, 0.3) is 0 Å². The number of alkyl halides is 3. The van der Waals surface area contributed by atoms with Gasteiger partial charge in [0, 0.05) is 11.3 Å². The first-order valence-electron chi connectivity index (χ1n) is 6.72. The van der Waals surface area contributed by atoms with Gasteiger partial charge in [-0.1, -0.05) is 17.7 Å². The molecule has 0 bridgehead atoms. The lowest BCUT2D eigenvalue weighted by molar-refractivity contribution is -0.137. The number of rotatable bonds is 4. The molecule has 122 valence electrons. The summed E-state index contributed by atoms with van der Waals surface area (Å²) in [5, 5.41) is 1.99. The Kier molecular flexibility index (Phi) is 5.15. The quantitative estimate of drug-likeness (QED) is 0.847. The molecule has 0 aliphatic heterocycles. The number of hydrogen-bond donors (Lipinski definition) is 1. The lowest BCUT2D eigenvalue weighted by Gasteiger charge is -2.12. The van der Waals surface area contributed by atoms with Crippen LogP contribution in [0.4, 0.5) is 18.9 Å². The molecule has 23 heavy (non-hydrogen) atoms. The molecular formula is C16H13ClF3NO2. The first-order chi connectivity index (χ1) is 10.8. The molecule has 3 nitrogen and oxygen atoms in total. The molecule has 7 heteroatoms. The van der Waals surface area contributed by atoms with E-state index in [2.05, 4.69) is 5.32 Å². The fraction of sp³-hybridized carbons (Fsp3) is 0.188. The van der Waals surface area contributed by atoms with E-state index in [0.717, 1.165) is 12.1 Å². The first kappa shape index (κ1) is 17.1. The molecule has 0 saturated carbocycles. The number of ether oxygens (including phenoxy) is 1. The second-order valence-corrected chi connectivity index (χ2v) is 5.01. The summed E-state index contributed by atoms with van der Waals surface area (Å²) in [5.41, 5.74) is -0.715. The fourth-order valence-electron chi connectivity index (χ4n) is 1.92. The van der Waals surface area contributed by atoms with Crippen molar-refractivity contribution in [1.82, 2.24) is 0 Å². The summed E-state index contributed by atoms with van der Waals surface area (Å²) in [6.45, 7) is 2.25. The third-order valence-electron chi connectivity index (χ3n) is 2.94. The minimum absolute atomic E-state index is 0.00791. The van der Waals surface area contributed by atoms with Crippen LogP contribution in [-0.4, -0.2) is 12.5 Å². The largest absolute Gasteiger partial charge is 0.494 e. The molecule has 0 aromatic heterocycles. The predicted molar refractivity (Wildman–Crippen MR) is 82.0 cm³/mol. The zero-order chi connectivity index (χ0) is 17.0. The van der Waals surface area contributed by atoms with Gasteiger partial charge >= 0.3 is 6.18 Å². The number of carbonyl (C=O) groups excluding carboxylic acids is 1. The lowest BCUT2D eigenvalue weighted by atomic mass is 10.1. The Bertz CT molecular complexity index is 717. The average Bonchev–Trinajstić information content (AvgIpc) is 2.48. The van der Waals surface area contributed by atoms with Crippen molar-refractivity contribution in [3.05, 3.63) is 58.6 Å². The molecule has 1 amide bonds. The van der Waals surface area contributed by atoms with Gasteiger partial charge in [0.1, 0.15) is 5.75 Å². The molecule has 2 rings (SSSR count). The number of hydrogen-bond acceptors (Lipinski definition) is 2. The van der Waals surface area contributed by atoms with E-state index >= 15 is 0 Å². The highest BCUT2D eigenvalue weighted by molar-refractivity contribution is 6.31. The van der Waals surface area contributed by atoms with E-state index < -0.39 is 22.7 Å². The maximum absolute atomic E-state index is 12.8. The number of carbonyl (C=O) groups is 1. The van der Waals surface area contributed by atoms with Gasteiger partial charge in [-0.15, -0.1) is 0 Å². The SMILES string of the molecule is CCOc1cccc(C(=O)Nc2ccc(Cl)c(C(F)(F)F)c2)c1. The summed E-state index contributed by atoms with van der Waals surface area (Å²) in [6.07, 6.45) is -4.59. The maximum Gasteiger partial charge on any atom is 0.417 e. The Balaban J connectivity index is 2.22. The Hall–Kier alpha value is -2.21. The summed E-state index contributed by atoms with van der Waals surface area (Å²) < 4.78 is 43.7. The van der Waals surface area contributed by atoms with Gasteiger partial charge in [0.05, 0.1) is 17.2 Å². The summed E-state index contributed by atoms with van der Waals surface area (Å²) in [7, 11) is 0. The van der Waals surface area contributed by atoms with Crippen molar-refractivity contribution in [2.24, 2.45) is 0 Å². The van der Waals surface area contributed by atoms with E-state index in [1.54, 1.807) is 25.1 Å². The molecule has 0 unspecified atom stereocenters. The van der Waals surface area contributed by atoms with Crippen LogP contribution >= 0.6 is 11.6 Å². The van der Waals surface area contributed by atoms with Crippen molar-refractivity contribution in [2.75, 3.05) is 11.9 Å². The van der Waals surface area contributed by atoms with E-state index in [1.807, 2.05) is 0 Å². The van der Waals surface area contributed by atoms with Crippen molar-refractivity contribution in [3.63, 3.8) is 0 Å². The van der Waals surface area contributed by atoms with Crippen molar-refractivity contribution >= 4 is 23.2 Å². The smallest absolute Gasteiger partial charge is 0.417 e. The zero-order valence-electron chi connectivity index (χ0n) is 12.1. The van der Waals surface area contributed by atoms with Crippen LogP contribution in [0.3, 0.4) is 0 Å². The minimum atomic E-state index is -4.59. The number of amides is 1. The third kappa shape index (κ3) is 4.39. The standard InChI is InChI=1S/C16H13ClF3NO2/c1-2-23-12-5-3-4-10(8-12)15(22)21-11-6-7-14(17)13(9-11)16(18,19)20/h3-9H,2H2,1H3,(H,21,22). The summed E-state index contributed by atoms with van der Waals surface area (Å²) in [4.78, 5) is 12.1. The van der Waals surface area contributed by atoms with E-state index in [9.17, 15) is 18.0 Å². The highest BCUT2D eigenvalue weighted by Crippen LogP contribution is 2.36. The van der Waals surface area contributed by atoms with Crippen LogP contribution in [0.15, 0.2) is 42.5 Å². The number of anilines is 1. The Morgan fingerprint density at radius 1 is 1.22 bits per heavy atom. The molecule has 0 radical (unpaired) electrons. The van der Waals surface area contributed by atoms with Crippen molar-refractivity contribution in [1.29, 1.82) is 0 Å². The molecule has 0 aliphatic carbocycles. The topological polar surface area (TPSA) is 38.3 Å². The average molecular weight is 344 g/mol. The van der Waals surface area contributed by atoms with E-state index in [-0.39, 0.29) is 11.3 Å². The molecule has 0 saturated heterocycles. The number of halogens is 4. The Morgan fingerprint density at radius 3 is 2.61 bits per heavy atom. The Morgan fingerprint density at radius 2 is 1.96 bits per heavy atom. The second kappa shape index (κ2) is 6.91. The monoisotopic (exact) mass is 343 g/mol. The van der Waals surface area contributed by atoms with Crippen molar-refractivity contribution < 1.29 is 22.7 Å². The minimum Gasteiger partial charge on any atom is -0.494 e. The highest BCUT2D eigenvalue weighted by Gasteiger charge is 2.33. The van der Waals surface area contributed by atoms with Gasteiger partial charge in [0.2, 0.25) is 0 Å². The van der Waals surface area contributed by atoms with Crippen LogP contribution < -0.4 is 10.1 Å². The summed E-state index contributed by atoms with van der Waals surface area (Å²) >= 11 is 5.54. The summed E-state index contributed by atoms with van der Waals surface area (Å²) in [6, 6.07) is 9.57. The van der Waals surface area contributed by atoms with E-state index in [1.165, 1.54) is 12.1 Å². The number of benzene rings is 2. The molecule has 1 N–H and O–H groups in total. The summed E-state index contributed by atoms with van der Waals surface area (Å²) in [5.74, 6) is -0.0331. The normalized spacial score (nSPS) is 11.2. The highest BCUT2D eigenvalue weighted by atomic mass is 35.5. The molecule has 0 heterocycles. The molecular weight excluding hydrogens is 331 g/mol. The molecule has 2 aromatic carbocycles. The van der Waals surface area contributed by atoms with Gasteiger partial charge in [-0.25, -0.2) is 0 Å². The van der Waals surface area contributed by atoms with Gasteiger partial charge in [0.25, 0.3) is 5.91 Å². The molecule has 0 fully saturated rings. The van der Waals surface area contributed by atoms with Gasteiger partial charge in [-0.2, -0.15) is 13.2 Å². The van der Waals surface area contributed by atoms with Crippen molar-refractivity contribution in [3.8, 4) is 5.75 Å². The second-order valence-electron chi connectivity index (χ2n) is 4.61. The van der Waals surface area contributed by atoms with Crippen molar-refractivity contribution in [2.45, 2.75) is 13.1 Å². The zero-order valence-corrected chi connectivity index (χ0v) is 12.8. The van der Waals surface area contributed by atoms with E-state index in [4.69, 9.17) is 16.3 Å². The van der Waals surface area contributed by atoms with Gasteiger partial charge < -0.3 is 10.1 Å². The first-order valence-corrected chi connectivity index (χ1v) is 7.10. The van der Waals surface area contributed by atoms with E-state index in [0.29, 0.717) is 12.4 Å². The van der Waals surface area contributed by atoms with Crippen LogP contribution in [-0.2, 0) is 6.18 Å². The number of nitrogens with one attached hydrogen (secondary N) is 1. The van der Waals surface area contributed by atoms with Crippen LogP contribution in [0, 0.1) is 0 Å². The lowest BCUT2D eigenvalue weighted by Crippen LogP contribution is -2.13. The molecule has 2 aromatic rings. The van der Waals surface area contributed by atoms with Gasteiger partial charge in [-0.05, 0) is 43.3 Å². The maximum atomic E-state index is 12.8. The van der Waals surface area contributed by atoms with Crippen LogP contribution in [0.5, 0.6) is 5.75 Å². The molecule has 0 atom stereocenters. The molecule has 0 aliphatic rings. The third-order valence-corrected chi connectivity index (χ3v) is 3.27. The molecule has 0 spiro atoms.